The molecule has 1 saturated heterocycles. The Labute approximate surface area is 176 Å². The van der Waals surface area contributed by atoms with E-state index >= 15 is 0 Å². The fourth-order valence-electron chi connectivity index (χ4n) is 3.65. The third-order valence-electron chi connectivity index (χ3n) is 5.38. The lowest BCUT2D eigenvalue weighted by Crippen LogP contribution is -3.14. The summed E-state index contributed by atoms with van der Waals surface area (Å²) >= 11 is 0. The number of rotatable bonds is 11. The summed E-state index contributed by atoms with van der Waals surface area (Å²) in [6, 6.07) is 12.1. The molecule has 2 aromatic rings. The minimum absolute atomic E-state index is 0.143. The lowest BCUT2D eigenvalue weighted by atomic mass is 10.0. The van der Waals surface area contributed by atoms with Gasteiger partial charge in [-0.1, -0.05) is 24.3 Å². The highest BCUT2D eigenvalue weighted by molar-refractivity contribution is 5.30. The van der Waals surface area contributed by atoms with Crippen LogP contribution in [0.25, 0.3) is 0 Å². The Morgan fingerprint density at radius 1 is 0.967 bits per heavy atom. The van der Waals surface area contributed by atoms with Gasteiger partial charge in [0.1, 0.15) is 43.5 Å². The van der Waals surface area contributed by atoms with Crippen LogP contribution in [0.15, 0.2) is 48.5 Å². The van der Waals surface area contributed by atoms with Gasteiger partial charge in [0.25, 0.3) is 0 Å². The molecule has 7 heteroatoms. The molecule has 1 heterocycles. The molecule has 1 fully saturated rings. The van der Waals surface area contributed by atoms with Crippen molar-refractivity contribution in [2.75, 3.05) is 52.5 Å². The first kappa shape index (κ1) is 22.8. The lowest BCUT2D eigenvalue weighted by molar-refractivity contribution is -0.909. The minimum atomic E-state index is -0.621. The minimum Gasteiger partial charge on any atom is -0.385 e. The summed E-state index contributed by atoms with van der Waals surface area (Å²) < 4.78 is 37.9. The smallest absolute Gasteiger partial charge is 0.126 e. The molecule has 1 aliphatic heterocycles. The van der Waals surface area contributed by atoms with Crippen molar-refractivity contribution in [1.29, 1.82) is 0 Å². The van der Waals surface area contributed by atoms with Crippen molar-refractivity contribution < 1.29 is 33.6 Å². The summed E-state index contributed by atoms with van der Waals surface area (Å²) in [5.74, 6) is -0.657. The van der Waals surface area contributed by atoms with Gasteiger partial charge in [0.15, 0.2) is 0 Å². The average Bonchev–Trinajstić information content (AvgIpc) is 2.77. The van der Waals surface area contributed by atoms with Gasteiger partial charge in [-0.3, -0.25) is 0 Å². The van der Waals surface area contributed by atoms with E-state index in [1.165, 1.54) is 24.3 Å². The summed E-state index contributed by atoms with van der Waals surface area (Å²) in [5, 5.41) is 12.4. The Hall–Kier alpha value is -1.90. The summed E-state index contributed by atoms with van der Waals surface area (Å²) in [7, 11) is 0. The first-order valence-corrected chi connectivity index (χ1v) is 10.7. The SMILES string of the molecule is O[C@H](C[NH2+]CCC[NH+]1CCOCC1)COC(c1ccc(F)cc1)c1ccc(F)cc1. The second-order valence-electron chi connectivity index (χ2n) is 7.75. The third-order valence-corrected chi connectivity index (χ3v) is 5.38. The third kappa shape index (κ3) is 7.41. The number of aliphatic hydroxyl groups excluding tert-OH is 1. The van der Waals surface area contributed by atoms with E-state index in [0.29, 0.717) is 6.54 Å². The molecule has 0 spiro atoms. The van der Waals surface area contributed by atoms with Crippen LogP contribution in [0.1, 0.15) is 23.7 Å². The molecule has 5 nitrogen and oxygen atoms in total. The van der Waals surface area contributed by atoms with Crippen LogP contribution >= 0.6 is 0 Å². The molecule has 0 amide bonds. The van der Waals surface area contributed by atoms with Crippen molar-refractivity contribution in [3.05, 3.63) is 71.3 Å². The largest absolute Gasteiger partial charge is 0.385 e. The summed E-state index contributed by atoms with van der Waals surface area (Å²) in [5.41, 5.74) is 1.51. The number of nitrogens with two attached hydrogens (primary N) is 1. The molecule has 4 N–H and O–H groups in total. The van der Waals surface area contributed by atoms with Crippen molar-refractivity contribution in [3.63, 3.8) is 0 Å². The topological polar surface area (TPSA) is 59.7 Å². The first-order valence-electron chi connectivity index (χ1n) is 10.7. The predicted molar refractivity (Wildman–Crippen MR) is 109 cm³/mol. The fourth-order valence-corrected chi connectivity index (χ4v) is 3.65. The highest BCUT2D eigenvalue weighted by atomic mass is 19.1. The van der Waals surface area contributed by atoms with Gasteiger partial charge in [-0.05, 0) is 35.4 Å². The first-order chi connectivity index (χ1) is 14.6. The van der Waals surface area contributed by atoms with Crippen LogP contribution in [0.2, 0.25) is 0 Å². The zero-order valence-corrected chi connectivity index (χ0v) is 17.2. The van der Waals surface area contributed by atoms with E-state index in [1.807, 2.05) is 0 Å². The molecule has 1 atom stereocenters. The van der Waals surface area contributed by atoms with Gasteiger partial charge in [0.2, 0.25) is 0 Å². The Balaban J connectivity index is 1.44. The van der Waals surface area contributed by atoms with Crippen molar-refractivity contribution in [2.45, 2.75) is 18.6 Å². The molecule has 164 valence electrons. The fraction of sp³-hybridized carbons (Fsp3) is 0.478. The highest BCUT2D eigenvalue weighted by Gasteiger charge is 2.18. The monoisotopic (exact) mass is 422 g/mol. The Morgan fingerprint density at radius 3 is 2.10 bits per heavy atom. The molecule has 3 rings (SSSR count). The van der Waals surface area contributed by atoms with Crippen LogP contribution < -0.4 is 10.2 Å². The lowest BCUT2D eigenvalue weighted by Gasteiger charge is -2.23. The number of hydrogen-bond donors (Lipinski definition) is 3. The van der Waals surface area contributed by atoms with E-state index in [4.69, 9.17) is 9.47 Å². The van der Waals surface area contributed by atoms with Gasteiger partial charge in [0.05, 0.1) is 32.9 Å². The molecule has 0 unspecified atom stereocenters. The van der Waals surface area contributed by atoms with Crippen molar-refractivity contribution in [2.24, 2.45) is 0 Å². The van der Waals surface area contributed by atoms with Crippen LogP contribution in [0, 0.1) is 11.6 Å². The molecule has 0 aromatic heterocycles. The molecular weight excluding hydrogens is 390 g/mol. The number of aliphatic hydroxyl groups is 1. The van der Waals surface area contributed by atoms with E-state index in [1.54, 1.807) is 29.2 Å². The van der Waals surface area contributed by atoms with E-state index < -0.39 is 12.2 Å². The maximum Gasteiger partial charge on any atom is 0.126 e. The van der Waals surface area contributed by atoms with Gasteiger partial charge in [-0.15, -0.1) is 0 Å². The second kappa shape index (κ2) is 12.1. The molecule has 0 aliphatic carbocycles. The van der Waals surface area contributed by atoms with Crippen LogP contribution in [0.4, 0.5) is 8.78 Å². The predicted octanol–water partition coefficient (Wildman–Crippen LogP) is 0.300. The molecule has 0 saturated carbocycles. The maximum absolute atomic E-state index is 13.3. The summed E-state index contributed by atoms with van der Waals surface area (Å²) in [4.78, 5) is 1.58. The average molecular weight is 423 g/mol. The van der Waals surface area contributed by atoms with E-state index in [2.05, 4.69) is 5.32 Å². The number of quaternary nitrogens is 2. The second-order valence-corrected chi connectivity index (χ2v) is 7.75. The number of benzene rings is 2. The number of nitrogens with one attached hydrogen (secondary N) is 1. The normalized spacial score (nSPS) is 16.1. The van der Waals surface area contributed by atoms with Crippen LogP contribution in [0.3, 0.4) is 0 Å². The zero-order valence-electron chi connectivity index (χ0n) is 17.2. The van der Waals surface area contributed by atoms with Crippen molar-refractivity contribution in [3.8, 4) is 0 Å². The maximum atomic E-state index is 13.3. The Morgan fingerprint density at radius 2 is 1.53 bits per heavy atom. The summed E-state index contributed by atoms with van der Waals surface area (Å²) in [6.45, 7) is 6.62. The van der Waals surface area contributed by atoms with Crippen LogP contribution in [-0.2, 0) is 9.47 Å². The van der Waals surface area contributed by atoms with E-state index in [-0.39, 0.29) is 18.2 Å². The standard InChI is InChI=1S/C23H30F2N2O3/c24-20-6-2-18(3-7-20)23(19-4-8-21(25)9-5-19)30-17-22(28)16-26-10-1-11-27-12-14-29-15-13-27/h2-9,22-23,26,28H,1,10-17H2/p+2/t22-/m1/s1. The van der Waals surface area contributed by atoms with Gasteiger partial charge in [-0.25, -0.2) is 8.78 Å². The number of hydrogen-bond acceptors (Lipinski definition) is 3. The Kier molecular flexibility index (Phi) is 9.17. The molecule has 1 aliphatic rings. The molecular formula is C23H32F2N2O3+2. The highest BCUT2D eigenvalue weighted by Crippen LogP contribution is 2.26. The van der Waals surface area contributed by atoms with Gasteiger partial charge < -0.3 is 24.8 Å². The number of ether oxygens (including phenoxy) is 2. The molecule has 0 radical (unpaired) electrons. The quantitative estimate of drug-likeness (QED) is 0.457. The van der Waals surface area contributed by atoms with Gasteiger partial charge in [0, 0.05) is 6.42 Å². The summed E-state index contributed by atoms with van der Waals surface area (Å²) in [6.07, 6.45) is -0.0219. The van der Waals surface area contributed by atoms with Gasteiger partial charge >= 0.3 is 0 Å². The van der Waals surface area contributed by atoms with Crippen molar-refractivity contribution >= 4 is 0 Å². The molecule has 0 bridgehead atoms. The van der Waals surface area contributed by atoms with E-state index in [9.17, 15) is 13.9 Å². The number of morpholine rings is 1. The van der Waals surface area contributed by atoms with Crippen LogP contribution in [-0.4, -0.2) is 63.8 Å². The van der Waals surface area contributed by atoms with E-state index in [0.717, 1.165) is 56.9 Å². The van der Waals surface area contributed by atoms with Gasteiger partial charge in [-0.2, -0.15) is 0 Å². The molecule has 30 heavy (non-hydrogen) atoms. The van der Waals surface area contributed by atoms with Crippen molar-refractivity contribution in [1.82, 2.24) is 0 Å². The van der Waals surface area contributed by atoms with Crippen LogP contribution in [0.5, 0.6) is 0 Å². The number of halogens is 2. The zero-order chi connectivity index (χ0) is 21.2. The molecule has 2 aromatic carbocycles. The Bertz CT molecular complexity index is 692.